The van der Waals surface area contributed by atoms with Gasteiger partial charge in [-0.25, -0.2) is 4.52 Å². The molecule has 10 nitrogen and oxygen atoms in total. The van der Waals surface area contributed by atoms with Crippen LogP contribution < -0.4 is 4.90 Å². The van der Waals surface area contributed by atoms with Gasteiger partial charge in [0.2, 0.25) is 0 Å². The summed E-state index contributed by atoms with van der Waals surface area (Å²) in [4.78, 5) is 5.99. The Morgan fingerprint density at radius 2 is 1.86 bits per heavy atom. The maximum absolute atomic E-state index is 13.5. The molecule has 4 aromatic rings. The van der Waals surface area contributed by atoms with Crippen molar-refractivity contribution in [1.29, 1.82) is 10.5 Å². The van der Waals surface area contributed by atoms with E-state index >= 15 is 0 Å². The first-order valence-electron chi connectivity index (χ1n) is 10.4. The minimum atomic E-state index is -4.12. The van der Waals surface area contributed by atoms with Gasteiger partial charge in [-0.3, -0.25) is 4.98 Å². The van der Waals surface area contributed by atoms with Gasteiger partial charge < -0.3 is 4.90 Å². The maximum Gasteiger partial charge on any atom is 0.280 e. The SMILES string of the molecule is CN(Cc1ccccn1)c1ccc(C#N)cc1S(=O)(=O)N(C)/N=C/c1cnn2ccc(C#N)cc12. The molecule has 174 valence electrons. The van der Waals surface area contributed by atoms with Crippen LogP contribution >= 0.6 is 0 Å². The summed E-state index contributed by atoms with van der Waals surface area (Å²) in [6.07, 6.45) is 6.21. The van der Waals surface area contributed by atoms with Gasteiger partial charge >= 0.3 is 0 Å². The van der Waals surface area contributed by atoms with E-state index in [0.29, 0.717) is 28.9 Å². The van der Waals surface area contributed by atoms with Crippen molar-refractivity contribution < 1.29 is 8.42 Å². The van der Waals surface area contributed by atoms with Gasteiger partial charge in [-0.15, -0.1) is 0 Å². The number of hydrogen-bond acceptors (Lipinski definition) is 8. The average Bonchev–Trinajstić information content (AvgIpc) is 3.29. The summed E-state index contributed by atoms with van der Waals surface area (Å²) < 4.78 is 29.4. The van der Waals surface area contributed by atoms with Crippen molar-refractivity contribution in [3.63, 3.8) is 0 Å². The van der Waals surface area contributed by atoms with E-state index in [1.54, 1.807) is 59.2 Å². The lowest BCUT2D eigenvalue weighted by molar-refractivity contribution is 0.491. The Morgan fingerprint density at radius 3 is 2.57 bits per heavy atom. The Bertz CT molecular complexity index is 1600. The Labute approximate surface area is 202 Å². The second-order valence-electron chi connectivity index (χ2n) is 7.61. The number of aromatic nitrogens is 3. The number of nitrogens with zero attached hydrogens (tertiary/aromatic N) is 8. The fourth-order valence-electron chi connectivity index (χ4n) is 3.44. The number of nitriles is 2. The molecular formula is C24H20N8O2S. The Kier molecular flexibility index (Phi) is 6.44. The summed E-state index contributed by atoms with van der Waals surface area (Å²) in [7, 11) is -1.04. The zero-order chi connectivity index (χ0) is 25.0. The molecule has 1 aromatic carbocycles. The Hall–Kier alpha value is -4.74. The molecule has 0 saturated carbocycles. The van der Waals surface area contributed by atoms with Gasteiger partial charge in [0.15, 0.2) is 0 Å². The van der Waals surface area contributed by atoms with Crippen LogP contribution in [0, 0.1) is 22.7 Å². The third-order valence-corrected chi connectivity index (χ3v) is 6.96. The number of benzene rings is 1. The topological polar surface area (TPSA) is 131 Å². The molecule has 11 heteroatoms. The van der Waals surface area contributed by atoms with Crippen molar-refractivity contribution in [3.8, 4) is 12.1 Å². The van der Waals surface area contributed by atoms with Crippen LogP contribution in [0.25, 0.3) is 5.52 Å². The van der Waals surface area contributed by atoms with Gasteiger partial charge in [-0.2, -0.15) is 33.6 Å². The lowest BCUT2D eigenvalue weighted by Gasteiger charge is -2.24. The van der Waals surface area contributed by atoms with Crippen LogP contribution in [0.4, 0.5) is 5.69 Å². The third kappa shape index (κ3) is 4.81. The summed E-state index contributed by atoms with van der Waals surface area (Å²) in [5, 5.41) is 26.8. The summed E-state index contributed by atoms with van der Waals surface area (Å²) >= 11 is 0. The number of hydrazone groups is 1. The molecule has 0 aliphatic heterocycles. The van der Waals surface area contributed by atoms with Crippen molar-refractivity contribution in [1.82, 2.24) is 19.0 Å². The Morgan fingerprint density at radius 1 is 1.09 bits per heavy atom. The summed E-state index contributed by atoms with van der Waals surface area (Å²) in [5.74, 6) is 0. The smallest absolute Gasteiger partial charge is 0.280 e. The molecule has 3 heterocycles. The lowest BCUT2D eigenvalue weighted by atomic mass is 10.2. The highest BCUT2D eigenvalue weighted by Crippen LogP contribution is 2.29. The largest absolute Gasteiger partial charge is 0.368 e. The van der Waals surface area contributed by atoms with Crippen LogP contribution in [0.2, 0.25) is 0 Å². The number of rotatable bonds is 7. The van der Waals surface area contributed by atoms with Crippen molar-refractivity contribution in [2.45, 2.75) is 11.4 Å². The van der Waals surface area contributed by atoms with E-state index in [1.807, 2.05) is 18.2 Å². The van der Waals surface area contributed by atoms with Gasteiger partial charge in [0.1, 0.15) is 4.90 Å². The molecule has 0 atom stereocenters. The number of anilines is 1. The van der Waals surface area contributed by atoms with E-state index in [4.69, 9.17) is 5.26 Å². The van der Waals surface area contributed by atoms with E-state index < -0.39 is 10.0 Å². The first-order valence-corrected chi connectivity index (χ1v) is 11.8. The van der Waals surface area contributed by atoms with Gasteiger partial charge in [0.05, 0.1) is 59.1 Å². The standard InChI is InChI=1S/C24H20N8O2S/c1-30(17-21-5-3-4-9-27-21)22-7-6-18(13-25)12-24(22)35(33,34)31(2)28-15-20-16-29-32-10-8-19(14-26)11-23(20)32/h3-12,15-16H,17H2,1-2H3/b28-15+. The zero-order valence-corrected chi connectivity index (χ0v) is 19.8. The number of pyridine rings is 2. The molecule has 4 rings (SSSR count). The zero-order valence-electron chi connectivity index (χ0n) is 18.9. The van der Waals surface area contributed by atoms with Crippen LogP contribution in [0.3, 0.4) is 0 Å². The molecule has 0 N–H and O–H groups in total. The minimum absolute atomic E-state index is 0.0544. The quantitative estimate of drug-likeness (QED) is 0.291. The first-order chi connectivity index (χ1) is 16.8. The minimum Gasteiger partial charge on any atom is -0.368 e. The molecule has 0 amide bonds. The molecule has 3 aromatic heterocycles. The predicted molar refractivity (Wildman–Crippen MR) is 130 cm³/mol. The van der Waals surface area contributed by atoms with E-state index in [9.17, 15) is 13.7 Å². The molecule has 0 spiro atoms. The molecule has 0 bridgehead atoms. The van der Waals surface area contributed by atoms with Gasteiger partial charge in [0, 0.05) is 32.1 Å². The molecule has 0 saturated heterocycles. The second kappa shape index (κ2) is 9.63. The second-order valence-corrected chi connectivity index (χ2v) is 9.53. The van der Waals surface area contributed by atoms with Crippen LogP contribution in [-0.2, 0) is 16.6 Å². The van der Waals surface area contributed by atoms with Crippen molar-refractivity contribution >= 4 is 27.4 Å². The summed E-state index contributed by atoms with van der Waals surface area (Å²) in [5.41, 5.74) is 2.98. The highest BCUT2D eigenvalue weighted by molar-refractivity contribution is 7.89. The third-order valence-electron chi connectivity index (χ3n) is 5.29. The highest BCUT2D eigenvalue weighted by Gasteiger charge is 2.26. The number of hydrogen-bond donors (Lipinski definition) is 0. The number of sulfonamides is 1. The normalized spacial score (nSPS) is 11.3. The van der Waals surface area contributed by atoms with Gasteiger partial charge in [-0.1, -0.05) is 6.07 Å². The molecule has 0 aliphatic carbocycles. The van der Waals surface area contributed by atoms with Crippen LogP contribution in [0.1, 0.15) is 22.4 Å². The monoisotopic (exact) mass is 484 g/mol. The predicted octanol–water partition coefficient (Wildman–Crippen LogP) is 2.76. The number of fused-ring (bicyclic) bond motifs is 1. The fourth-order valence-corrected chi connectivity index (χ4v) is 4.66. The molecule has 0 aliphatic rings. The first kappa shape index (κ1) is 23.4. The van der Waals surface area contributed by atoms with E-state index in [-0.39, 0.29) is 10.5 Å². The van der Waals surface area contributed by atoms with E-state index in [2.05, 4.69) is 21.3 Å². The van der Waals surface area contributed by atoms with Crippen molar-refractivity contribution in [2.75, 3.05) is 19.0 Å². The van der Waals surface area contributed by atoms with Crippen LogP contribution in [0.5, 0.6) is 0 Å². The summed E-state index contributed by atoms with van der Waals surface area (Å²) in [6, 6.07) is 17.3. The van der Waals surface area contributed by atoms with Gasteiger partial charge in [-0.05, 0) is 42.5 Å². The average molecular weight is 485 g/mol. The molecule has 0 unspecified atom stereocenters. The molecular weight excluding hydrogens is 464 g/mol. The van der Waals surface area contributed by atoms with Crippen molar-refractivity contribution in [3.05, 3.63) is 89.5 Å². The fraction of sp³-hybridized carbons (Fsp3) is 0.125. The summed E-state index contributed by atoms with van der Waals surface area (Å²) in [6.45, 7) is 0.367. The molecule has 0 radical (unpaired) electrons. The maximum atomic E-state index is 13.5. The lowest BCUT2D eigenvalue weighted by Crippen LogP contribution is -2.26. The Balaban J connectivity index is 1.68. The van der Waals surface area contributed by atoms with Crippen LogP contribution in [-0.4, -0.2) is 47.7 Å². The van der Waals surface area contributed by atoms with E-state index in [0.717, 1.165) is 10.1 Å². The van der Waals surface area contributed by atoms with Crippen molar-refractivity contribution in [2.24, 2.45) is 5.10 Å². The highest BCUT2D eigenvalue weighted by atomic mass is 32.2. The van der Waals surface area contributed by atoms with E-state index in [1.165, 1.54) is 25.5 Å². The molecule has 35 heavy (non-hydrogen) atoms. The van der Waals surface area contributed by atoms with Gasteiger partial charge in [0.25, 0.3) is 10.0 Å². The van der Waals surface area contributed by atoms with Crippen LogP contribution in [0.15, 0.2) is 77.1 Å². The molecule has 0 fully saturated rings.